The number of H-pyrrole nitrogens is 1. The van der Waals surface area contributed by atoms with Gasteiger partial charge in [0.1, 0.15) is 0 Å². The zero-order chi connectivity index (χ0) is 20.1. The monoisotopic (exact) mass is 389 g/mol. The third kappa shape index (κ3) is 3.00. The van der Waals surface area contributed by atoms with Crippen molar-refractivity contribution in [3.8, 4) is 11.3 Å². The zero-order valence-electron chi connectivity index (χ0n) is 16.5. The Labute approximate surface area is 168 Å². The smallest absolute Gasteiger partial charge is 0.232 e. The number of fused-ring (bicyclic) bond motifs is 1. The van der Waals surface area contributed by atoms with Gasteiger partial charge in [-0.2, -0.15) is 15.3 Å². The van der Waals surface area contributed by atoms with E-state index in [1.807, 2.05) is 30.9 Å². The second kappa shape index (κ2) is 6.73. The fourth-order valence-corrected chi connectivity index (χ4v) is 4.45. The van der Waals surface area contributed by atoms with Gasteiger partial charge in [-0.15, -0.1) is 0 Å². The van der Waals surface area contributed by atoms with Crippen molar-refractivity contribution in [1.29, 1.82) is 0 Å². The lowest BCUT2D eigenvalue weighted by molar-refractivity contribution is -0.121. The topological polar surface area (TPSA) is 114 Å². The number of nitrogens with zero attached hydrogens (tertiary/aromatic N) is 5. The van der Waals surface area contributed by atoms with Crippen molar-refractivity contribution in [3.63, 3.8) is 0 Å². The van der Waals surface area contributed by atoms with Gasteiger partial charge in [0.2, 0.25) is 5.91 Å². The third-order valence-corrected chi connectivity index (χ3v) is 6.08. The highest BCUT2D eigenvalue weighted by Gasteiger charge is 2.59. The fourth-order valence-electron chi connectivity index (χ4n) is 4.45. The molecule has 3 unspecified atom stereocenters. The molecule has 3 aromatic heterocycles. The molecule has 0 radical (unpaired) electrons. The molecule has 8 heteroatoms. The van der Waals surface area contributed by atoms with E-state index >= 15 is 0 Å². The van der Waals surface area contributed by atoms with Crippen LogP contribution in [0.15, 0.2) is 30.6 Å². The summed E-state index contributed by atoms with van der Waals surface area (Å²) in [6, 6.07) is 6.21. The number of hydrogen-bond acceptors (Lipinski definition) is 6. The molecule has 1 saturated heterocycles. The minimum Gasteiger partial charge on any atom is -0.325 e. The Morgan fingerprint density at radius 3 is 2.86 bits per heavy atom. The number of carbonyl (C=O) groups excluding carboxylic acids is 1. The average molecular weight is 389 g/mol. The van der Waals surface area contributed by atoms with Crippen molar-refractivity contribution in [1.82, 2.24) is 25.4 Å². The van der Waals surface area contributed by atoms with Crippen LogP contribution in [-0.2, 0) is 17.8 Å². The lowest BCUT2D eigenvalue weighted by Gasteiger charge is -2.19. The Hall–Kier alpha value is -3.13. The molecule has 2 fully saturated rings. The van der Waals surface area contributed by atoms with Gasteiger partial charge in [-0.05, 0) is 49.8 Å². The maximum absolute atomic E-state index is 13.2. The highest BCUT2D eigenvalue weighted by molar-refractivity contribution is 5.99. The van der Waals surface area contributed by atoms with Crippen molar-refractivity contribution < 1.29 is 4.79 Å². The molecule has 3 aromatic rings. The second-order valence-electron chi connectivity index (χ2n) is 7.97. The molecule has 1 aliphatic heterocycles. The van der Waals surface area contributed by atoms with Gasteiger partial charge in [-0.25, -0.2) is 0 Å². The summed E-state index contributed by atoms with van der Waals surface area (Å²) in [7, 11) is 0. The largest absolute Gasteiger partial charge is 0.325 e. The first-order chi connectivity index (χ1) is 14.1. The summed E-state index contributed by atoms with van der Waals surface area (Å²) < 4.78 is 0. The average Bonchev–Trinajstić information content (AvgIpc) is 3.23. The molecule has 0 bridgehead atoms. The maximum Gasteiger partial charge on any atom is 0.232 e. The molecule has 1 amide bonds. The number of piperidine rings is 1. The first kappa shape index (κ1) is 17.9. The van der Waals surface area contributed by atoms with Gasteiger partial charge in [0.05, 0.1) is 23.8 Å². The van der Waals surface area contributed by atoms with Crippen molar-refractivity contribution >= 4 is 11.7 Å². The summed E-state index contributed by atoms with van der Waals surface area (Å²) in [4.78, 5) is 19.6. The van der Waals surface area contributed by atoms with Crippen LogP contribution in [0.25, 0.3) is 11.3 Å². The lowest BCUT2D eigenvalue weighted by Crippen LogP contribution is -2.32. The number of nitrogens with two attached hydrogens (primary N) is 1. The number of anilines is 1. The standard InChI is InChI=1S/C21H23N7O/c1-11-9-23-24-10-16(11)17-7-20(27-26-17)28-19-6-14(19)15(21(28)29)5-13-4-3-12(2)25-18(13)8-22/h3-4,7,9-10,14-15,19H,5-6,8,22H2,1-2H3,(H,26,27). The number of rotatable bonds is 5. The number of aryl methyl sites for hydroxylation is 2. The molecule has 5 rings (SSSR count). The fraction of sp³-hybridized carbons (Fsp3) is 0.381. The number of amides is 1. The molecule has 3 atom stereocenters. The molecular formula is C21H23N7O. The number of aromatic nitrogens is 5. The quantitative estimate of drug-likeness (QED) is 0.689. The highest BCUT2D eigenvalue weighted by Crippen LogP contribution is 2.51. The van der Waals surface area contributed by atoms with E-state index in [-0.39, 0.29) is 17.9 Å². The number of nitrogens with one attached hydrogen (secondary N) is 1. The van der Waals surface area contributed by atoms with Gasteiger partial charge >= 0.3 is 0 Å². The molecular weight excluding hydrogens is 366 g/mol. The van der Waals surface area contributed by atoms with Crippen LogP contribution >= 0.6 is 0 Å². The third-order valence-electron chi connectivity index (χ3n) is 6.08. The molecule has 29 heavy (non-hydrogen) atoms. The molecule has 1 saturated carbocycles. The zero-order valence-corrected chi connectivity index (χ0v) is 16.5. The molecule has 4 heterocycles. The Balaban J connectivity index is 1.40. The molecule has 8 nitrogen and oxygen atoms in total. The lowest BCUT2D eigenvalue weighted by atomic mass is 9.94. The predicted molar refractivity (Wildman–Crippen MR) is 108 cm³/mol. The summed E-state index contributed by atoms with van der Waals surface area (Å²) in [6.45, 7) is 4.32. The summed E-state index contributed by atoms with van der Waals surface area (Å²) in [5.41, 5.74) is 11.6. The van der Waals surface area contributed by atoms with E-state index in [4.69, 9.17) is 5.73 Å². The van der Waals surface area contributed by atoms with Crippen molar-refractivity contribution in [3.05, 3.63) is 53.1 Å². The van der Waals surface area contributed by atoms with Crippen LogP contribution in [0.4, 0.5) is 5.82 Å². The van der Waals surface area contributed by atoms with Gasteiger partial charge in [0.15, 0.2) is 5.82 Å². The van der Waals surface area contributed by atoms with Crippen LogP contribution in [0.1, 0.15) is 28.9 Å². The molecule has 148 valence electrons. The summed E-state index contributed by atoms with van der Waals surface area (Å²) in [6.07, 6.45) is 5.13. The minimum absolute atomic E-state index is 0.0423. The van der Waals surface area contributed by atoms with Gasteiger partial charge in [0, 0.05) is 35.8 Å². The van der Waals surface area contributed by atoms with Crippen LogP contribution in [0, 0.1) is 25.7 Å². The van der Waals surface area contributed by atoms with E-state index in [2.05, 4.69) is 31.4 Å². The number of pyridine rings is 1. The van der Waals surface area contributed by atoms with Crippen LogP contribution < -0.4 is 10.6 Å². The van der Waals surface area contributed by atoms with Gasteiger partial charge in [0.25, 0.3) is 0 Å². The van der Waals surface area contributed by atoms with Crippen molar-refractivity contribution in [2.24, 2.45) is 17.6 Å². The van der Waals surface area contributed by atoms with Crippen molar-refractivity contribution in [2.45, 2.75) is 39.3 Å². The Morgan fingerprint density at radius 1 is 1.24 bits per heavy atom. The normalized spacial score (nSPS) is 22.8. The number of aromatic amines is 1. The van der Waals surface area contributed by atoms with E-state index in [1.54, 1.807) is 12.4 Å². The molecule has 3 N–H and O–H groups in total. The Morgan fingerprint density at radius 2 is 2.07 bits per heavy atom. The Kier molecular flexibility index (Phi) is 4.16. The first-order valence-electron chi connectivity index (χ1n) is 9.88. The SMILES string of the molecule is Cc1ccc(CC2C(=O)N(c3cc(-c4cnncc4C)[nH]n3)C3CC23)c(CN)n1. The van der Waals surface area contributed by atoms with Gasteiger partial charge in [-0.1, -0.05) is 6.07 Å². The Bertz CT molecular complexity index is 1090. The van der Waals surface area contributed by atoms with E-state index in [1.165, 1.54) is 0 Å². The van der Waals surface area contributed by atoms with E-state index in [9.17, 15) is 4.79 Å². The predicted octanol–water partition coefficient (Wildman–Crippen LogP) is 1.93. The van der Waals surface area contributed by atoms with Crippen molar-refractivity contribution in [2.75, 3.05) is 4.90 Å². The maximum atomic E-state index is 13.2. The molecule has 2 aliphatic rings. The van der Waals surface area contributed by atoms with Gasteiger partial charge < -0.3 is 5.73 Å². The number of hydrogen-bond donors (Lipinski definition) is 2. The molecule has 0 aromatic carbocycles. The van der Waals surface area contributed by atoms with E-state index in [0.29, 0.717) is 24.7 Å². The van der Waals surface area contributed by atoms with Crippen LogP contribution in [0.2, 0.25) is 0 Å². The highest BCUT2D eigenvalue weighted by atomic mass is 16.2. The summed E-state index contributed by atoms with van der Waals surface area (Å²) in [5.74, 6) is 1.15. The van der Waals surface area contributed by atoms with E-state index in [0.717, 1.165) is 40.2 Å². The second-order valence-corrected chi connectivity index (χ2v) is 7.97. The molecule has 1 aliphatic carbocycles. The summed E-state index contributed by atoms with van der Waals surface area (Å²) in [5, 5.41) is 15.3. The summed E-state index contributed by atoms with van der Waals surface area (Å²) >= 11 is 0. The minimum atomic E-state index is -0.0423. The van der Waals surface area contributed by atoms with Gasteiger partial charge in [-0.3, -0.25) is 19.8 Å². The number of carbonyl (C=O) groups is 1. The van der Waals surface area contributed by atoms with E-state index < -0.39 is 0 Å². The first-order valence-corrected chi connectivity index (χ1v) is 9.88. The van der Waals surface area contributed by atoms with Crippen LogP contribution in [0.3, 0.4) is 0 Å². The van der Waals surface area contributed by atoms with Crippen LogP contribution in [0.5, 0.6) is 0 Å². The molecule has 0 spiro atoms. The van der Waals surface area contributed by atoms with Crippen LogP contribution in [-0.4, -0.2) is 37.3 Å².